The number of halogens is 1. The third kappa shape index (κ3) is 4.94. The summed E-state index contributed by atoms with van der Waals surface area (Å²) < 4.78 is 21.8. The lowest BCUT2D eigenvalue weighted by atomic mass is 9.78. The van der Waals surface area contributed by atoms with E-state index in [-0.39, 0.29) is 10.8 Å². The summed E-state index contributed by atoms with van der Waals surface area (Å²) in [6.45, 7) is 7.97. The van der Waals surface area contributed by atoms with Gasteiger partial charge in [-0.1, -0.05) is 18.0 Å². The van der Waals surface area contributed by atoms with Crippen LogP contribution in [0.3, 0.4) is 0 Å². The predicted octanol–water partition coefficient (Wildman–Crippen LogP) is 4.71. The van der Waals surface area contributed by atoms with Gasteiger partial charge in [0.15, 0.2) is 0 Å². The Bertz CT molecular complexity index is 640. The van der Waals surface area contributed by atoms with Gasteiger partial charge in [0.2, 0.25) is 0 Å². The van der Waals surface area contributed by atoms with E-state index in [0.29, 0.717) is 11.8 Å². The summed E-state index contributed by atoms with van der Waals surface area (Å²) in [4.78, 5) is 0. The number of hydrogen-bond donors (Lipinski definition) is 2. The molecule has 0 aromatic heterocycles. The van der Waals surface area contributed by atoms with Crippen LogP contribution in [-0.2, 0) is 11.4 Å². The molecule has 1 saturated heterocycles. The van der Waals surface area contributed by atoms with Gasteiger partial charge in [-0.25, -0.2) is 0 Å². The lowest BCUT2D eigenvalue weighted by Crippen LogP contribution is -2.45. The number of ether oxygens (including phenoxy) is 1. The van der Waals surface area contributed by atoms with Crippen molar-refractivity contribution in [2.24, 2.45) is 5.92 Å². The molecule has 1 unspecified atom stereocenters. The number of hydrogen-bond acceptors (Lipinski definition) is 4. The number of benzene rings is 1. The molecule has 4 nitrogen and oxygen atoms in total. The zero-order valence-corrected chi connectivity index (χ0v) is 18.5. The average molecular weight is 413 g/mol. The quantitative estimate of drug-likeness (QED) is 0.664. The molecule has 3 rings (SSSR count). The molecular formula is C21H33ClN2O2S. The fourth-order valence-electron chi connectivity index (χ4n) is 3.92. The molecule has 1 heterocycles. The average Bonchev–Trinajstić information content (AvgIpc) is 2.59. The third-order valence-electron chi connectivity index (χ3n) is 5.87. The van der Waals surface area contributed by atoms with Crippen LogP contribution in [0.5, 0.6) is 5.75 Å². The molecule has 2 aliphatic rings. The fourth-order valence-corrected chi connectivity index (χ4v) is 5.15. The molecule has 0 spiro atoms. The van der Waals surface area contributed by atoms with Crippen LogP contribution >= 0.6 is 11.6 Å². The molecule has 1 aromatic carbocycles. The van der Waals surface area contributed by atoms with Gasteiger partial charge in [0.25, 0.3) is 0 Å². The van der Waals surface area contributed by atoms with Crippen LogP contribution in [0.25, 0.3) is 0 Å². The second-order valence-corrected chi connectivity index (χ2v) is 11.2. The van der Waals surface area contributed by atoms with Crippen LogP contribution in [0.4, 0.5) is 0 Å². The Morgan fingerprint density at radius 1 is 1.22 bits per heavy atom. The predicted molar refractivity (Wildman–Crippen MR) is 114 cm³/mol. The van der Waals surface area contributed by atoms with Gasteiger partial charge < -0.3 is 14.6 Å². The minimum Gasteiger partial charge on any atom is -0.598 e. The SMILES string of the molecule is COc1cc(C2CCC2)c(Cl)cc1[C@H](N[S+]([O-])C(C)(C)C)C1CCNCC1. The van der Waals surface area contributed by atoms with Crippen molar-refractivity contribution in [3.63, 3.8) is 0 Å². The minimum absolute atomic E-state index is 0.0324. The van der Waals surface area contributed by atoms with Crippen LogP contribution in [0.1, 0.15) is 76.0 Å². The Morgan fingerprint density at radius 2 is 1.89 bits per heavy atom. The third-order valence-corrected chi connectivity index (χ3v) is 7.78. The molecule has 0 amide bonds. The van der Waals surface area contributed by atoms with E-state index in [2.05, 4.69) is 22.2 Å². The summed E-state index contributed by atoms with van der Waals surface area (Å²) in [5.41, 5.74) is 2.24. The van der Waals surface area contributed by atoms with E-state index in [1.165, 1.54) is 24.8 Å². The highest BCUT2D eigenvalue weighted by Gasteiger charge is 2.36. The van der Waals surface area contributed by atoms with Gasteiger partial charge in [0.05, 0.1) is 13.2 Å². The summed E-state index contributed by atoms with van der Waals surface area (Å²) >= 11 is 5.54. The highest BCUT2D eigenvalue weighted by molar-refractivity contribution is 7.90. The maximum absolute atomic E-state index is 12.9. The zero-order valence-electron chi connectivity index (χ0n) is 16.9. The molecule has 1 saturated carbocycles. The minimum atomic E-state index is -1.16. The van der Waals surface area contributed by atoms with E-state index in [1.54, 1.807) is 7.11 Å². The molecule has 0 radical (unpaired) electrons. The van der Waals surface area contributed by atoms with Crippen molar-refractivity contribution in [1.82, 2.24) is 10.0 Å². The highest BCUT2D eigenvalue weighted by Crippen LogP contribution is 2.45. The molecular weight excluding hydrogens is 380 g/mol. The van der Waals surface area contributed by atoms with E-state index in [9.17, 15) is 4.55 Å². The molecule has 2 atom stereocenters. The molecule has 2 fully saturated rings. The van der Waals surface area contributed by atoms with Gasteiger partial charge in [-0.05, 0) is 89.1 Å². The van der Waals surface area contributed by atoms with Gasteiger partial charge in [0.1, 0.15) is 10.5 Å². The molecule has 1 aliphatic heterocycles. The van der Waals surface area contributed by atoms with Crippen molar-refractivity contribution in [3.8, 4) is 5.75 Å². The van der Waals surface area contributed by atoms with Gasteiger partial charge in [-0.3, -0.25) is 0 Å². The first-order chi connectivity index (χ1) is 12.8. The Labute approximate surface area is 172 Å². The van der Waals surface area contributed by atoms with E-state index >= 15 is 0 Å². The Balaban J connectivity index is 1.95. The van der Waals surface area contributed by atoms with Crippen molar-refractivity contribution in [1.29, 1.82) is 0 Å². The van der Waals surface area contributed by atoms with Gasteiger partial charge in [0, 0.05) is 21.9 Å². The van der Waals surface area contributed by atoms with E-state index in [4.69, 9.17) is 16.3 Å². The van der Waals surface area contributed by atoms with Gasteiger partial charge in [-0.15, -0.1) is 4.72 Å². The summed E-state index contributed by atoms with van der Waals surface area (Å²) in [6.07, 6.45) is 5.77. The largest absolute Gasteiger partial charge is 0.598 e. The van der Waals surface area contributed by atoms with E-state index in [1.807, 2.05) is 20.8 Å². The molecule has 27 heavy (non-hydrogen) atoms. The second kappa shape index (κ2) is 8.91. The second-order valence-electron chi connectivity index (χ2n) is 8.81. The van der Waals surface area contributed by atoms with Crippen molar-refractivity contribution >= 4 is 23.0 Å². The van der Waals surface area contributed by atoms with Crippen molar-refractivity contribution in [2.45, 2.75) is 69.6 Å². The highest BCUT2D eigenvalue weighted by atomic mass is 35.5. The van der Waals surface area contributed by atoms with Crippen LogP contribution in [0.2, 0.25) is 5.02 Å². The van der Waals surface area contributed by atoms with Crippen molar-refractivity contribution in [3.05, 3.63) is 28.3 Å². The standard InChI is InChI=1S/C21H33ClN2O2S/c1-21(2,3)27(25)24-20(15-8-10-23-11-9-15)17-12-18(22)16(13-19(17)26-4)14-6-5-7-14/h12-15,20,23-24H,5-11H2,1-4H3/t20-,27?/m1/s1. The normalized spacial score (nSPS) is 21.6. The summed E-state index contributed by atoms with van der Waals surface area (Å²) in [7, 11) is 1.72. The number of piperidine rings is 1. The smallest absolute Gasteiger partial charge is 0.136 e. The maximum atomic E-state index is 12.9. The molecule has 1 aliphatic carbocycles. The van der Waals surface area contributed by atoms with Gasteiger partial charge in [-0.2, -0.15) is 0 Å². The molecule has 152 valence electrons. The number of nitrogens with one attached hydrogen (secondary N) is 2. The lowest BCUT2D eigenvalue weighted by molar-refractivity contribution is 0.297. The first-order valence-corrected chi connectivity index (χ1v) is 11.6. The lowest BCUT2D eigenvalue weighted by Gasteiger charge is -2.35. The monoisotopic (exact) mass is 412 g/mol. The van der Waals surface area contributed by atoms with Crippen molar-refractivity contribution < 1.29 is 9.29 Å². The summed E-state index contributed by atoms with van der Waals surface area (Å²) in [5, 5.41) is 4.24. The first-order valence-electron chi connectivity index (χ1n) is 10.1. The Hall–Kier alpha value is -0.460. The molecule has 2 N–H and O–H groups in total. The Morgan fingerprint density at radius 3 is 2.41 bits per heavy atom. The van der Waals surface area contributed by atoms with Crippen LogP contribution in [0.15, 0.2) is 12.1 Å². The number of rotatable bonds is 6. The van der Waals surface area contributed by atoms with E-state index in [0.717, 1.165) is 42.3 Å². The summed E-state index contributed by atoms with van der Waals surface area (Å²) in [5.74, 6) is 1.81. The molecule has 0 bridgehead atoms. The molecule has 6 heteroatoms. The fraction of sp³-hybridized carbons (Fsp3) is 0.714. The van der Waals surface area contributed by atoms with Crippen LogP contribution < -0.4 is 14.8 Å². The van der Waals surface area contributed by atoms with Crippen LogP contribution in [0, 0.1) is 5.92 Å². The Kier molecular flexibility index (Phi) is 7.02. The van der Waals surface area contributed by atoms with Crippen LogP contribution in [-0.4, -0.2) is 29.5 Å². The topological polar surface area (TPSA) is 56.3 Å². The van der Waals surface area contributed by atoms with Gasteiger partial charge >= 0.3 is 0 Å². The van der Waals surface area contributed by atoms with E-state index < -0.39 is 11.4 Å². The first kappa shape index (κ1) is 21.3. The number of methoxy groups -OCH3 is 1. The maximum Gasteiger partial charge on any atom is 0.136 e. The molecule has 1 aromatic rings. The zero-order chi connectivity index (χ0) is 19.6. The summed E-state index contributed by atoms with van der Waals surface area (Å²) in [6, 6.07) is 4.15. The van der Waals surface area contributed by atoms with Crippen molar-refractivity contribution in [2.75, 3.05) is 20.2 Å².